The van der Waals surface area contributed by atoms with Gasteiger partial charge in [0, 0.05) is 6.04 Å². The van der Waals surface area contributed by atoms with Crippen LogP contribution in [0.25, 0.3) is 0 Å². The summed E-state index contributed by atoms with van der Waals surface area (Å²) in [5.41, 5.74) is 0. The minimum atomic E-state index is -4.33. The van der Waals surface area contributed by atoms with Crippen molar-refractivity contribution in [1.29, 1.82) is 0 Å². The molecule has 1 aliphatic rings. The molecule has 0 radical (unpaired) electrons. The summed E-state index contributed by atoms with van der Waals surface area (Å²) in [5, 5.41) is 2.77. The van der Waals surface area contributed by atoms with Crippen LogP contribution in [0.2, 0.25) is 0 Å². The third-order valence-corrected chi connectivity index (χ3v) is 2.99. The molecule has 1 unspecified atom stereocenters. The first kappa shape index (κ1) is 14.3. The lowest BCUT2D eigenvalue weighted by atomic mass is 10.1. The van der Waals surface area contributed by atoms with E-state index in [1.165, 1.54) is 0 Å². The van der Waals surface area contributed by atoms with Gasteiger partial charge in [-0.3, -0.25) is 4.79 Å². The van der Waals surface area contributed by atoms with E-state index in [-0.39, 0.29) is 18.5 Å². The fraction of sp³-hybridized carbons (Fsp3) is 0.909. The van der Waals surface area contributed by atoms with Crippen LogP contribution in [0.3, 0.4) is 0 Å². The highest BCUT2D eigenvalue weighted by atomic mass is 19.4. The van der Waals surface area contributed by atoms with Gasteiger partial charge in [0.2, 0.25) is 5.91 Å². The summed E-state index contributed by atoms with van der Waals surface area (Å²) < 4.78 is 37.3. The number of hydrogen-bond donors (Lipinski definition) is 1. The Hall–Kier alpha value is -0.780. The van der Waals surface area contributed by atoms with E-state index < -0.39 is 18.6 Å². The average molecular weight is 252 g/mol. The van der Waals surface area contributed by atoms with Gasteiger partial charge in [-0.25, -0.2) is 0 Å². The zero-order chi connectivity index (χ0) is 13.1. The number of hydrogen-bond acceptors (Lipinski definition) is 2. The molecule has 1 saturated carbocycles. The van der Waals surface area contributed by atoms with Crippen molar-refractivity contribution in [2.24, 2.45) is 5.92 Å². The Morgan fingerprint density at radius 3 is 2.47 bits per heavy atom. The van der Waals surface area contributed by atoms with Gasteiger partial charge in [0.15, 0.2) is 0 Å². The van der Waals surface area contributed by atoms with E-state index in [9.17, 15) is 18.0 Å². The molecule has 0 heterocycles. The van der Waals surface area contributed by atoms with Crippen LogP contribution in [0, 0.1) is 5.92 Å². The summed E-state index contributed by atoms with van der Waals surface area (Å²) in [5.74, 6) is -0.230. The Kier molecular flexibility index (Phi) is 4.80. The van der Waals surface area contributed by atoms with Crippen molar-refractivity contribution < 1.29 is 18.0 Å². The third kappa shape index (κ3) is 4.93. The number of carbonyl (C=O) groups is 1. The summed E-state index contributed by atoms with van der Waals surface area (Å²) in [6.07, 6.45) is -2.49. The molecule has 1 aliphatic carbocycles. The monoisotopic (exact) mass is 252 g/mol. The van der Waals surface area contributed by atoms with Crippen LogP contribution in [0.5, 0.6) is 0 Å². The maximum Gasteiger partial charge on any atom is 0.406 e. The van der Waals surface area contributed by atoms with Crippen molar-refractivity contribution in [2.45, 2.75) is 38.9 Å². The fourth-order valence-electron chi connectivity index (χ4n) is 1.82. The van der Waals surface area contributed by atoms with Crippen LogP contribution in [-0.4, -0.2) is 42.7 Å². The summed E-state index contributed by atoms with van der Waals surface area (Å²) in [6.45, 7) is 2.92. The highest BCUT2D eigenvalue weighted by Crippen LogP contribution is 2.36. The number of alkyl halides is 3. The third-order valence-electron chi connectivity index (χ3n) is 2.99. The van der Waals surface area contributed by atoms with Gasteiger partial charge >= 0.3 is 6.18 Å². The fourth-order valence-corrected chi connectivity index (χ4v) is 1.82. The number of amides is 1. The number of rotatable bonds is 6. The molecule has 0 aliphatic heterocycles. The molecule has 0 saturated heterocycles. The van der Waals surface area contributed by atoms with E-state index in [0.29, 0.717) is 6.54 Å². The topological polar surface area (TPSA) is 32.3 Å². The predicted molar refractivity (Wildman–Crippen MR) is 58.5 cm³/mol. The van der Waals surface area contributed by atoms with Gasteiger partial charge in [-0.05, 0) is 32.2 Å². The Bertz CT molecular complexity index is 264. The zero-order valence-electron chi connectivity index (χ0n) is 10.2. The highest BCUT2D eigenvalue weighted by molar-refractivity contribution is 5.78. The molecular formula is C11H19F3N2O. The highest BCUT2D eigenvalue weighted by Gasteiger charge is 2.40. The van der Waals surface area contributed by atoms with Crippen LogP contribution < -0.4 is 5.32 Å². The molecule has 0 aromatic heterocycles. The Labute approximate surface area is 99.4 Å². The van der Waals surface area contributed by atoms with Gasteiger partial charge in [0.25, 0.3) is 0 Å². The normalized spacial score (nSPS) is 17.9. The molecular weight excluding hydrogens is 233 g/mol. The van der Waals surface area contributed by atoms with Gasteiger partial charge in [-0.15, -0.1) is 0 Å². The van der Waals surface area contributed by atoms with Crippen molar-refractivity contribution in [3.05, 3.63) is 0 Å². The Morgan fingerprint density at radius 1 is 1.47 bits per heavy atom. The first-order valence-electron chi connectivity index (χ1n) is 5.92. The van der Waals surface area contributed by atoms with Crippen molar-refractivity contribution in [3.63, 3.8) is 0 Å². The van der Waals surface area contributed by atoms with Gasteiger partial charge in [0.1, 0.15) is 6.54 Å². The van der Waals surface area contributed by atoms with Crippen LogP contribution >= 0.6 is 0 Å². The standard InChI is InChI=1S/C11H19F3N2O/c1-3-15-6-10(17)16(7-11(12,13)14)8(2)9-4-5-9/h8-9,15H,3-7H2,1-2H3. The largest absolute Gasteiger partial charge is 0.406 e. The summed E-state index contributed by atoms with van der Waals surface area (Å²) >= 11 is 0. The first-order valence-corrected chi connectivity index (χ1v) is 5.92. The average Bonchev–Trinajstić information content (AvgIpc) is 3.03. The molecule has 100 valence electrons. The van der Waals surface area contributed by atoms with Crippen molar-refractivity contribution in [2.75, 3.05) is 19.6 Å². The maximum atomic E-state index is 12.4. The molecule has 1 atom stereocenters. The van der Waals surface area contributed by atoms with Crippen molar-refractivity contribution in [3.8, 4) is 0 Å². The second-order valence-electron chi connectivity index (χ2n) is 4.50. The molecule has 0 aromatic rings. The van der Waals surface area contributed by atoms with E-state index in [1.807, 2.05) is 6.92 Å². The molecule has 1 rings (SSSR count). The number of nitrogens with one attached hydrogen (secondary N) is 1. The van der Waals surface area contributed by atoms with Crippen LogP contribution in [0.4, 0.5) is 13.2 Å². The number of carbonyl (C=O) groups excluding carboxylic acids is 1. The van der Waals surface area contributed by atoms with Crippen LogP contribution in [0.15, 0.2) is 0 Å². The van der Waals surface area contributed by atoms with Gasteiger partial charge in [-0.2, -0.15) is 13.2 Å². The summed E-state index contributed by atoms with van der Waals surface area (Å²) in [4.78, 5) is 12.7. The van der Waals surface area contributed by atoms with E-state index in [4.69, 9.17) is 0 Å². The predicted octanol–water partition coefficient (Wildman–Crippen LogP) is 1.79. The molecule has 1 N–H and O–H groups in total. The van der Waals surface area contributed by atoms with E-state index >= 15 is 0 Å². The lowest BCUT2D eigenvalue weighted by molar-refractivity contribution is -0.165. The minimum absolute atomic E-state index is 0.0242. The van der Waals surface area contributed by atoms with E-state index in [2.05, 4.69) is 5.32 Å². The molecule has 0 bridgehead atoms. The maximum absolute atomic E-state index is 12.4. The zero-order valence-corrected chi connectivity index (χ0v) is 10.2. The Morgan fingerprint density at radius 2 is 2.06 bits per heavy atom. The number of nitrogens with zero attached hydrogens (tertiary/aromatic N) is 1. The smallest absolute Gasteiger partial charge is 0.330 e. The van der Waals surface area contributed by atoms with Gasteiger partial charge < -0.3 is 10.2 Å². The SMILES string of the molecule is CCNCC(=O)N(CC(F)(F)F)C(C)C1CC1. The quantitative estimate of drug-likeness (QED) is 0.781. The molecule has 0 aromatic carbocycles. The summed E-state index contributed by atoms with van der Waals surface area (Å²) in [7, 11) is 0. The van der Waals surface area contributed by atoms with Gasteiger partial charge in [-0.1, -0.05) is 6.92 Å². The Balaban J connectivity index is 2.60. The lowest BCUT2D eigenvalue weighted by Crippen LogP contribution is -2.48. The van der Waals surface area contributed by atoms with Crippen LogP contribution in [0.1, 0.15) is 26.7 Å². The number of halogens is 3. The second kappa shape index (κ2) is 5.71. The molecule has 3 nitrogen and oxygen atoms in total. The second-order valence-corrected chi connectivity index (χ2v) is 4.50. The van der Waals surface area contributed by atoms with Gasteiger partial charge in [0.05, 0.1) is 6.54 Å². The van der Waals surface area contributed by atoms with E-state index in [1.54, 1.807) is 6.92 Å². The lowest BCUT2D eigenvalue weighted by Gasteiger charge is -2.30. The van der Waals surface area contributed by atoms with Crippen LogP contribution in [-0.2, 0) is 4.79 Å². The molecule has 0 spiro atoms. The first-order chi connectivity index (χ1) is 7.85. The molecule has 17 heavy (non-hydrogen) atoms. The molecule has 6 heteroatoms. The van der Waals surface area contributed by atoms with Crippen molar-refractivity contribution in [1.82, 2.24) is 10.2 Å². The van der Waals surface area contributed by atoms with Crippen molar-refractivity contribution >= 4 is 5.91 Å². The number of likely N-dealkylation sites (N-methyl/N-ethyl adjacent to an activating group) is 1. The molecule has 1 fully saturated rings. The molecule has 1 amide bonds. The minimum Gasteiger partial charge on any atom is -0.330 e. The van der Waals surface area contributed by atoms with E-state index in [0.717, 1.165) is 17.7 Å². The summed E-state index contributed by atoms with van der Waals surface area (Å²) in [6, 6.07) is -0.317.